The number of nitrogens with two attached hydrogens (primary N) is 2. The van der Waals surface area contributed by atoms with Gasteiger partial charge in [-0.15, -0.1) is 0 Å². The van der Waals surface area contributed by atoms with E-state index in [9.17, 15) is 33.5 Å². The number of aromatic nitrogens is 1. The Balaban J connectivity index is 1.85. The number of amides is 4. The Morgan fingerprint density at radius 1 is 0.944 bits per heavy atom. The summed E-state index contributed by atoms with van der Waals surface area (Å²) >= 11 is 0. The molecule has 0 saturated carbocycles. The number of carbonyl (C=O) groups is 5. The molecule has 0 spiro atoms. The highest BCUT2D eigenvalue weighted by atomic mass is 19.1. The number of ether oxygens (including phenoxy) is 1. The van der Waals surface area contributed by atoms with Gasteiger partial charge in [0.05, 0.1) is 24.9 Å². The van der Waals surface area contributed by atoms with E-state index < -0.39 is 89.8 Å². The maximum absolute atomic E-state index is 15.0. The molecule has 7 N–H and O–H groups in total. The Hall–Kier alpha value is -5.15. The van der Waals surface area contributed by atoms with Crippen LogP contribution < -0.4 is 22.1 Å². The second-order valence-corrected chi connectivity index (χ2v) is 15.2. The number of carbonyl (C=O) groups excluding carboxylic acids is 5. The zero-order valence-corrected chi connectivity index (χ0v) is 31.7. The molecule has 2 aromatic carbocycles. The van der Waals surface area contributed by atoms with Gasteiger partial charge in [-0.05, 0) is 62.4 Å². The predicted molar refractivity (Wildman–Crippen MR) is 198 cm³/mol. The normalized spacial score (nSPS) is 13.4. The first-order chi connectivity index (χ1) is 25.2. The number of primary amides is 1. The van der Waals surface area contributed by atoms with E-state index in [1.54, 1.807) is 33.0 Å². The molecule has 294 valence electrons. The topological polar surface area (TPSA) is 199 Å². The predicted octanol–water partition coefficient (Wildman–Crippen LogP) is 3.32. The Morgan fingerprint density at radius 2 is 1.61 bits per heavy atom. The van der Waals surface area contributed by atoms with Gasteiger partial charge in [0.15, 0.2) is 0 Å². The van der Waals surface area contributed by atoms with Crippen LogP contribution in [0, 0.1) is 17.0 Å². The van der Waals surface area contributed by atoms with Crippen molar-refractivity contribution in [3.05, 3.63) is 83.7 Å². The van der Waals surface area contributed by atoms with Crippen molar-refractivity contribution < 1.29 is 42.6 Å². The zero-order chi connectivity index (χ0) is 40.4. The number of hydrogen-bond donors (Lipinski definition) is 5. The first-order valence-electron chi connectivity index (χ1n) is 17.6. The number of hydrogen-bond acceptors (Lipinski definition) is 8. The minimum Gasteiger partial charge on any atom is -0.460 e. The van der Waals surface area contributed by atoms with Crippen LogP contribution in [0.15, 0.2) is 60.8 Å². The molecule has 0 aliphatic heterocycles. The van der Waals surface area contributed by atoms with Crippen molar-refractivity contribution in [3.63, 3.8) is 0 Å². The van der Waals surface area contributed by atoms with Crippen LogP contribution in [0.4, 0.5) is 8.78 Å². The molecular formula is C39H52F2N6O7. The number of halogens is 2. The molecule has 54 heavy (non-hydrogen) atoms. The molecule has 0 radical (unpaired) electrons. The summed E-state index contributed by atoms with van der Waals surface area (Å²) in [6, 6.07) is 10.9. The monoisotopic (exact) mass is 754 g/mol. The highest BCUT2D eigenvalue weighted by molar-refractivity contribution is 5.94. The lowest BCUT2D eigenvalue weighted by Gasteiger charge is -2.41. The second kappa shape index (κ2) is 18.7. The van der Waals surface area contributed by atoms with Gasteiger partial charge in [0.2, 0.25) is 23.6 Å². The summed E-state index contributed by atoms with van der Waals surface area (Å²) in [7, 11) is 0. The maximum atomic E-state index is 15.0. The van der Waals surface area contributed by atoms with Gasteiger partial charge in [-0.2, -0.15) is 0 Å². The smallest absolute Gasteiger partial charge is 0.308 e. The lowest BCUT2D eigenvalue weighted by Crippen LogP contribution is -2.53. The number of esters is 1. The molecule has 0 saturated heterocycles. The third kappa shape index (κ3) is 12.8. The molecule has 3 aromatic rings. The SMILES string of the molecule is CC(C)(C)OC(=O)C[C@H](N)C(=O)N[C@@H](CC(N)=O)C(=O)NCCCN(C(=O)CO)[C@@H](c1cc(-c2cc(F)ccc2F)cn1Cc1ccccc1)C(C)(C)C. The molecule has 1 aromatic heterocycles. The lowest BCUT2D eigenvalue weighted by atomic mass is 9.83. The first kappa shape index (κ1) is 43.3. The quantitative estimate of drug-likeness (QED) is 0.102. The average molecular weight is 755 g/mol. The van der Waals surface area contributed by atoms with Crippen molar-refractivity contribution in [2.75, 3.05) is 19.7 Å². The molecule has 1 heterocycles. The number of benzene rings is 2. The van der Waals surface area contributed by atoms with E-state index in [0.29, 0.717) is 17.8 Å². The third-order valence-corrected chi connectivity index (χ3v) is 8.29. The van der Waals surface area contributed by atoms with Crippen molar-refractivity contribution in [2.45, 2.75) is 91.1 Å². The van der Waals surface area contributed by atoms with Gasteiger partial charge in [-0.25, -0.2) is 8.78 Å². The maximum Gasteiger partial charge on any atom is 0.308 e. The largest absolute Gasteiger partial charge is 0.460 e. The van der Waals surface area contributed by atoms with Gasteiger partial charge in [0, 0.05) is 42.7 Å². The molecule has 0 aliphatic rings. The van der Waals surface area contributed by atoms with Crippen molar-refractivity contribution in [1.82, 2.24) is 20.1 Å². The van der Waals surface area contributed by atoms with E-state index in [1.165, 1.54) is 4.90 Å². The van der Waals surface area contributed by atoms with Crippen molar-refractivity contribution >= 4 is 29.6 Å². The molecule has 3 atom stereocenters. The van der Waals surface area contributed by atoms with E-state index in [4.69, 9.17) is 16.2 Å². The van der Waals surface area contributed by atoms with E-state index in [-0.39, 0.29) is 25.1 Å². The van der Waals surface area contributed by atoms with E-state index in [1.807, 2.05) is 55.7 Å². The highest BCUT2D eigenvalue weighted by Crippen LogP contribution is 2.41. The van der Waals surface area contributed by atoms with Gasteiger partial charge in [0.1, 0.15) is 29.9 Å². The summed E-state index contributed by atoms with van der Waals surface area (Å²) in [5, 5.41) is 15.1. The van der Waals surface area contributed by atoms with Crippen LogP contribution in [-0.2, 0) is 35.3 Å². The van der Waals surface area contributed by atoms with Gasteiger partial charge in [-0.1, -0.05) is 51.1 Å². The summed E-state index contributed by atoms with van der Waals surface area (Å²) in [5.74, 6) is -5.06. The molecular weight excluding hydrogens is 702 g/mol. The van der Waals surface area contributed by atoms with E-state index in [0.717, 1.165) is 23.8 Å². The van der Waals surface area contributed by atoms with Crippen molar-refractivity contribution in [1.29, 1.82) is 0 Å². The molecule has 13 nitrogen and oxygen atoms in total. The third-order valence-electron chi connectivity index (χ3n) is 8.29. The molecule has 3 rings (SSSR count). The van der Waals surface area contributed by atoms with Crippen LogP contribution >= 0.6 is 0 Å². The van der Waals surface area contributed by atoms with E-state index >= 15 is 4.39 Å². The molecule has 15 heteroatoms. The Morgan fingerprint density at radius 3 is 2.20 bits per heavy atom. The molecule has 0 fully saturated rings. The minimum absolute atomic E-state index is 0.0230. The molecule has 0 aliphatic carbocycles. The van der Waals surface area contributed by atoms with Crippen LogP contribution in [0.25, 0.3) is 11.1 Å². The van der Waals surface area contributed by atoms with Crippen LogP contribution in [0.2, 0.25) is 0 Å². The van der Waals surface area contributed by atoms with Gasteiger partial charge >= 0.3 is 5.97 Å². The van der Waals surface area contributed by atoms with Crippen molar-refractivity contribution in [3.8, 4) is 11.1 Å². The fourth-order valence-electron chi connectivity index (χ4n) is 6.03. The number of aliphatic hydroxyl groups excluding tert-OH is 1. The summed E-state index contributed by atoms with van der Waals surface area (Å²) in [6.45, 7) is 10.2. The van der Waals surface area contributed by atoms with Crippen LogP contribution in [0.3, 0.4) is 0 Å². The summed E-state index contributed by atoms with van der Waals surface area (Å²) < 4.78 is 36.4. The fraction of sp³-hybridized carbons (Fsp3) is 0.462. The summed E-state index contributed by atoms with van der Waals surface area (Å²) in [4.78, 5) is 64.8. The number of nitrogens with zero attached hydrogens (tertiary/aromatic N) is 2. The van der Waals surface area contributed by atoms with Crippen LogP contribution in [0.1, 0.15) is 78.1 Å². The minimum atomic E-state index is -1.40. The Labute approximate surface area is 314 Å². The standard InChI is InChI=1S/C39H52F2N6O7/c1-38(2,3)35(31-17-25(27-18-26(40)13-14-28(27)41)22-46(31)21-24-11-8-7-9-12-24)47(33(50)23-48)16-10-15-44-37(53)30(20-32(43)49)45-36(52)29(42)19-34(51)54-39(4,5)6/h7-9,11-14,17-18,22,29-30,35,48H,10,15-16,19-21,23,42H2,1-6H3,(H2,43,49)(H,44,53)(H,45,52)/t29-,30-,35-/m0/s1. The molecule has 4 amide bonds. The van der Waals surface area contributed by atoms with Crippen molar-refractivity contribution in [2.24, 2.45) is 16.9 Å². The number of rotatable bonds is 17. The highest BCUT2D eigenvalue weighted by Gasteiger charge is 2.37. The number of nitrogens with one attached hydrogen (secondary N) is 2. The van der Waals surface area contributed by atoms with Gasteiger partial charge in [0.25, 0.3) is 0 Å². The molecule has 0 bridgehead atoms. The fourth-order valence-corrected chi connectivity index (χ4v) is 6.03. The second-order valence-electron chi connectivity index (χ2n) is 15.2. The average Bonchev–Trinajstić information content (AvgIpc) is 3.47. The number of aliphatic hydroxyl groups is 1. The summed E-state index contributed by atoms with van der Waals surface area (Å²) in [5.41, 5.74) is 11.7. The van der Waals surface area contributed by atoms with Gasteiger partial charge in [-0.3, -0.25) is 24.0 Å². The lowest BCUT2D eigenvalue weighted by molar-refractivity contribution is -0.156. The van der Waals surface area contributed by atoms with Crippen LogP contribution in [0.5, 0.6) is 0 Å². The summed E-state index contributed by atoms with van der Waals surface area (Å²) in [6.07, 6.45) is 0.854. The van der Waals surface area contributed by atoms with Gasteiger partial charge < -0.3 is 41.4 Å². The Kier molecular flexibility index (Phi) is 15.0. The van der Waals surface area contributed by atoms with Crippen LogP contribution in [-0.4, -0.2) is 81.6 Å². The van der Waals surface area contributed by atoms with E-state index in [2.05, 4.69) is 10.6 Å². The Bertz CT molecular complexity index is 1790. The molecule has 0 unspecified atom stereocenters. The zero-order valence-electron chi connectivity index (χ0n) is 31.7. The first-order valence-corrected chi connectivity index (χ1v) is 17.6.